The van der Waals surface area contributed by atoms with E-state index in [0.29, 0.717) is 5.69 Å². The summed E-state index contributed by atoms with van der Waals surface area (Å²) in [4.78, 5) is 0. The van der Waals surface area contributed by atoms with E-state index < -0.39 is 10.0 Å². The molecule has 0 bridgehead atoms. The molecule has 0 fully saturated rings. The van der Waals surface area contributed by atoms with Gasteiger partial charge in [-0.1, -0.05) is 39.0 Å². The zero-order valence-electron chi connectivity index (χ0n) is 12.3. The van der Waals surface area contributed by atoms with Crippen LogP contribution in [0.15, 0.2) is 24.3 Å². The van der Waals surface area contributed by atoms with Crippen LogP contribution in [0, 0.1) is 5.41 Å². The fraction of sp³-hybridized carbons (Fsp3) is 0.571. The van der Waals surface area contributed by atoms with Crippen molar-refractivity contribution in [1.29, 1.82) is 0 Å². The third-order valence-electron chi connectivity index (χ3n) is 2.75. The van der Waals surface area contributed by atoms with Gasteiger partial charge < -0.3 is 5.32 Å². The average Bonchev–Trinajstić information content (AvgIpc) is 2.24. The molecule has 1 atom stereocenters. The van der Waals surface area contributed by atoms with Crippen molar-refractivity contribution in [2.75, 3.05) is 17.5 Å². The van der Waals surface area contributed by atoms with Crippen LogP contribution < -0.4 is 10.0 Å². The third-order valence-corrected chi connectivity index (χ3v) is 4.53. The molecule has 0 aliphatic carbocycles. The highest BCUT2D eigenvalue weighted by molar-refractivity contribution is 7.92. The quantitative estimate of drug-likeness (QED) is 0.874. The second-order valence-corrected chi connectivity index (χ2v) is 7.74. The zero-order valence-corrected chi connectivity index (χ0v) is 13.1. The van der Waals surface area contributed by atoms with E-state index in [1.165, 1.54) is 0 Å². The smallest absolute Gasteiger partial charge is 0.233 e. The van der Waals surface area contributed by atoms with Crippen LogP contribution in [-0.4, -0.2) is 21.2 Å². The molecule has 1 aromatic carbocycles. The van der Waals surface area contributed by atoms with Crippen molar-refractivity contribution in [3.63, 3.8) is 0 Å². The number of sulfonamides is 1. The van der Waals surface area contributed by atoms with Crippen LogP contribution in [0.2, 0.25) is 0 Å². The molecule has 1 aromatic rings. The number of para-hydroxylation sites is 1. The molecule has 0 heterocycles. The summed E-state index contributed by atoms with van der Waals surface area (Å²) in [6, 6.07) is 7.55. The van der Waals surface area contributed by atoms with Gasteiger partial charge >= 0.3 is 0 Å². The van der Waals surface area contributed by atoms with Crippen molar-refractivity contribution in [3.05, 3.63) is 29.8 Å². The standard InChI is InChI=1S/C14H24N2O2S/c1-11(15-5)12-8-6-7-9-13(12)16-19(17,18)10-14(2,3)4/h6-9,11,15-16H,10H2,1-5H3. The van der Waals surface area contributed by atoms with Crippen LogP contribution in [0.25, 0.3) is 0 Å². The summed E-state index contributed by atoms with van der Waals surface area (Å²) in [5, 5.41) is 3.12. The van der Waals surface area contributed by atoms with Crippen molar-refractivity contribution in [2.45, 2.75) is 33.7 Å². The van der Waals surface area contributed by atoms with Crippen LogP contribution in [0.4, 0.5) is 5.69 Å². The van der Waals surface area contributed by atoms with E-state index in [1.807, 2.05) is 52.9 Å². The van der Waals surface area contributed by atoms with Gasteiger partial charge in [0.15, 0.2) is 0 Å². The molecule has 0 saturated heterocycles. The van der Waals surface area contributed by atoms with Crippen molar-refractivity contribution in [3.8, 4) is 0 Å². The Hall–Kier alpha value is -1.07. The molecular formula is C14H24N2O2S. The fourth-order valence-corrected chi connectivity index (χ4v) is 3.63. The highest BCUT2D eigenvalue weighted by atomic mass is 32.2. The molecule has 4 nitrogen and oxygen atoms in total. The summed E-state index contributed by atoms with van der Waals surface area (Å²) in [5.74, 6) is 0.0995. The molecule has 0 spiro atoms. The molecule has 0 amide bonds. The molecular weight excluding hydrogens is 260 g/mol. The molecule has 0 aromatic heterocycles. The largest absolute Gasteiger partial charge is 0.313 e. The lowest BCUT2D eigenvalue weighted by atomic mass is 10.0. The van der Waals surface area contributed by atoms with Gasteiger partial charge in [-0.05, 0) is 31.0 Å². The van der Waals surface area contributed by atoms with E-state index in [0.717, 1.165) is 5.56 Å². The van der Waals surface area contributed by atoms with E-state index >= 15 is 0 Å². The van der Waals surface area contributed by atoms with Gasteiger partial charge in [0.2, 0.25) is 10.0 Å². The first-order valence-corrected chi connectivity index (χ1v) is 8.06. The predicted octanol–water partition coefficient (Wildman–Crippen LogP) is 2.75. The first-order chi connectivity index (χ1) is 8.64. The van der Waals surface area contributed by atoms with Crippen molar-refractivity contribution < 1.29 is 8.42 Å². The first-order valence-electron chi connectivity index (χ1n) is 6.41. The number of hydrogen-bond donors (Lipinski definition) is 2. The Morgan fingerprint density at radius 1 is 1.21 bits per heavy atom. The SMILES string of the molecule is CNC(C)c1ccccc1NS(=O)(=O)CC(C)(C)C. The fourth-order valence-electron chi connectivity index (χ4n) is 1.90. The first kappa shape index (κ1) is 16.0. The molecule has 1 unspecified atom stereocenters. The monoisotopic (exact) mass is 284 g/mol. The Bertz CT molecular complexity index is 518. The Morgan fingerprint density at radius 2 is 1.79 bits per heavy atom. The van der Waals surface area contributed by atoms with E-state index in [1.54, 1.807) is 6.07 Å². The van der Waals surface area contributed by atoms with Gasteiger partial charge in [-0.15, -0.1) is 0 Å². The van der Waals surface area contributed by atoms with E-state index in [2.05, 4.69) is 10.0 Å². The normalized spacial score (nSPS) is 14.2. The summed E-state index contributed by atoms with van der Waals surface area (Å²) < 4.78 is 27.0. The van der Waals surface area contributed by atoms with Gasteiger partial charge in [0.25, 0.3) is 0 Å². The number of hydrogen-bond acceptors (Lipinski definition) is 3. The van der Waals surface area contributed by atoms with Crippen molar-refractivity contribution in [2.24, 2.45) is 5.41 Å². The predicted molar refractivity (Wildman–Crippen MR) is 80.8 cm³/mol. The summed E-state index contributed by atoms with van der Waals surface area (Å²) in [5.41, 5.74) is 1.33. The summed E-state index contributed by atoms with van der Waals surface area (Å²) >= 11 is 0. The lowest BCUT2D eigenvalue weighted by Gasteiger charge is -2.21. The zero-order chi connectivity index (χ0) is 14.7. The van der Waals surface area contributed by atoms with Crippen molar-refractivity contribution in [1.82, 2.24) is 5.32 Å². The van der Waals surface area contributed by atoms with Gasteiger partial charge in [0.1, 0.15) is 0 Å². The van der Waals surface area contributed by atoms with Gasteiger partial charge in [-0.2, -0.15) is 0 Å². The topological polar surface area (TPSA) is 58.2 Å². The van der Waals surface area contributed by atoms with Crippen LogP contribution >= 0.6 is 0 Å². The Labute approximate surface area is 116 Å². The van der Waals surface area contributed by atoms with Crippen LogP contribution in [0.5, 0.6) is 0 Å². The minimum atomic E-state index is -3.33. The molecule has 1 rings (SSSR count). The molecule has 0 aliphatic rings. The average molecular weight is 284 g/mol. The number of nitrogens with one attached hydrogen (secondary N) is 2. The molecule has 108 valence electrons. The highest BCUT2D eigenvalue weighted by Crippen LogP contribution is 2.25. The number of benzene rings is 1. The van der Waals surface area contributed by atoms with Crippen molar-refractivity contribution >= 4 is 15.7 Å². The van der Waals surface area contributed by atoms with Gasteiger partial charge in [-0.3, -0.25) is 4.72 Å². The molecule has 0 radical (unpaired) electrons. The third kappa shape index (κ3) is 5.20. The Kier molecular flexibility index (Phi) is 4.98. The molecule has 0 saturated carbocycles. The number of rotatable bonds is 5. The van der Waals surface area contributed by atoms with E-state index in [9.17, 15) is 8.42 Å². The molecule has 5 heteroatoms. The summed E-state index contributed by atoms with van der Waals surface area (Å²) in [7, 11) is -1.48. The lowest BCUT2D eigenvalue weighted by molar-refractivity contribution is 0.463. The Balaban J connectivity index is 3.00. The number of anilines is 1. The minimum Gasteiger partial charge on any atom is -0.313 e. The van der Waals surface area contributed by atoms with Gasteiger partial charge in [0.05, 0.1) is 11.4 Å². The van der Waals surface area contributed by atoms with Crippen LogP contribution in [0.1, 0.15) is 39.3 Å². The van der Waals surface area contributed by atoms with Gasteiger partial charge in [0, 0.05) is 6.04 Å². The second kappa shape index (κ2) is 5.92. The Morgan fingerprint density at radius 3 is 2.32 bits per heavy atom. The minimum absolute atomic E-state index is 0.0912. The lowest BCUT2D eigenvalue weighted by Crippen LogP contribution is -2.27. The molecule has 19 heavy (non-hydrogen) atoms. The van der Waals surface area contributed by atoms with Crippen LogP contribution in [0.3, 0.4) is 0 Å². The van der Waals surface area contributed by atoms with Gasteiger partial charge in [-0.25, -0.2) is 8.42 Å². The summed E-state index contributed by atoms with van der Waals surface area (Å²) in [6.45, 7) is 7.73. The maximum Gasteiger partial charge on any atom is 0.233 e. The second-order valence-electron chi connectivity index (χ2n) is 6.02. The van der Waals surface area contributed by atoms with E-state index in [4.69, 9.17) is 0 Å². The highest BCUT2D eigenvalue weighted by Gasteiger charge is 2.22. The van der Waals surface area contributed by atoms with E-state index in [-0.39, 0.29) is 17.2 Å². The maximum atomic E-state index is 12.1. The summed E-state index contributed by atoms with van der Waals surface area (Å²) in [6.07, 6.45) is 0. The van der Waals surface area contributed by atoms with Crippen LogP contribution in [-0.2, 0) is 10.0 Å². The molecule has 2 N–H and O–H groups in total. The molecule has 0 aliphatic heterocycles. The maximum absolute atomic E-state index is 12.1.